The van der Waals surface area contributed by atoms with Gasteiger partial charge in [0, 0.05) is 18.1 Å². The molecule has 4 heteroatoms. The monoisotopic (exact) mass is 275 g/mol. The standard InChI is InChI=1S/C17H13N3O/c1-2-6-13(7-3-1)18-17-15-8-4-10-20(15)12-14(19-17)16-9-5-11-21-16/h1-12H,(H,18,19). The van der Waals surface area contributed by atoms with Crippen LogP contribution in [0.25, 0.3) is 17.0 Å². The fraction of sp³-hybridized carbons (Fsp3) is 0. The van der Waals surface area contributed by atoms with Crippen molar-refractivity contribution in [1.29, 1.82) is 0 Å². The van der Waals surface area contributed by atoms with Gasteiger partial charge in [-0.15, -0.1) is 0 Å². The lowest BCUT2D eigenvalue weighted by atomic mass is 10.3. The molecule has 0 radical (unpaired) electrons. The minimum atomic E-state index is 0.752. The van der Waals surface area contributed by atoms with E-state index in [1.54, 1.807) is 6.26 Å². The van der Waals surface area contributed by atoms with Gasteiger partial charge >= 0.3 is 0 Å². The van der Waals surface area contributed by atoms with Crippen LogP contribution in [-0.4, -0.2) is 9.38 Å². The third kappa shape index (κ3) is 2.17. The molecule has 21 heavy (non-hydrogen) atoms. The second kappa shape index (κ2) is 4.83. The number of rotatable bonds is 3. The van der Waals surface area contributed by atoms with E-state index >= 15 is 0 Å². The first-order valence-corrected chi connectivity index (χ1v) is 6.74. The van der Waals surface area contributed by atoms with Crippen LogP contribution in [0, 0.1) is 0 Å². The number of hydrogen-bond acceptors (Lipinski definition) is 3. The number of para-hydroxylation sites is 1. The summed E-state index contributed by atoms with van der Waals surface area (Å²) < 4.78 is 7.48. The van der Waals surface area contributed by atoms with Crippen molar-refractivity contribution < 1.29 is 4.42 Å². The number of fused-ring (bicyclic) bond motifs is 1. The number of furan rings is 1. The van der Waals surface area contributed by atoms with E-state index in [2.05, 4.69) is 10.3 Å². The third-order valence-corrected chi connectivity index (χ3v) is 3.33. The van der Waals surface area contributed by atoms with Crippen molar-refractivity contribution >= 4 is 17.0 Å². The van der Waals surface area contributed by atoms with Gasteiger partial charge in [0.1, 0.15) is 5.69 Å². The van der Waals surface area contributed by atoms with Crippen LogP contribution in [0.2, 0.25) is 0 Å². The average Bonchev–Trinajstić information content (AvgIpc) is 3.19. The maximum atomic E-state index is 5.45. The molecule has 3 aromatic heterocycles. The van der Waals surface area contributed by atoms with Crippen molar-refractivity contribution in [3.63, 3.8) is 0 Å². The number of nitrogens with one attached hydrogen (secondary N) is 1. The van der Waals surface area contributed by atoms with Crippen molar-refractivity contribution in [3.05, 3.63) is 73.3 Å². The molecule has 4 rings (SSSR count). The van der Waals surface area contributed by atoms with Gasteiger partial charge in [-0.3, -0.25) is 0 Å². The Morgan fingerprint density at radius 2 is 1.86 bits per heavy atom. The zero-order valence-corrected chi connectivity index (χ0v) is 11.2. The number of aromatic nitrogens is 2. The molecule has 0 fully saturated rings. The zero-order chi connectivity index (χ0) is 14.1. The number of nitrogens with zero attached hydrogens (tertiary/aromatic N) is 2. The smallest absolute Gasteiger partial charge is 0.155 e. The summed E-state index contributed by atoms with van der Waals surface area (Å²) in [7, 11) is 0. The largest absolute Gasteiger partial charge is 0.463 e. The molecular weight excluding hydrogens is 262 g/mol. The summed E-state index contributed by atoms with van der Waals surface area (Å²) in [5.74, 6) is 1.56. The maximum Gasteiger partial charge on any atom is 0.155 e. The SMILES string of the molecule is c1ccc(Nc2nc(-c3ccco3)cn3cccc23)cc1. The van der Waals surface area contributed by atoms with Gasteiger partial charge in [0.25, 0.3) is 0 Å². The van der Waals surface area contributed by atoms with Crippen LogP contribution in [0.1, 0.15) is 0 Å². The van der Waals surface area contributed by atoms with Crippen LogP contribution in [0.5, 0.6) is 0 Å². The zero-order valence-electron chi connectivity index (χ0n) is 11.2. The molecule has 0 atom stereocenters. The Morgan fingerprint density at radius 3 is 2.67 bits per heavy atom. The molecule has 0 aliphatic rings. The van der Waals surface area contributed by atoms with Crippen molar-refractivity contribution in [1.82, 2.24) is 9.38 Å². The molecule has 0 unspecified atom stereocenters. The van der Waals surface area contributed by atoms with Crippen LogP contribution in [0.15, 0.2) is 77.7 Å². The molecule has 0 bridgehead atoms. The molecule has 102 valence electrons. The highest BCUT2D eigenvalue weighted by molar-refractivity contribution is 5.75. The van der Waals surface area contributed by atoms with Crippen molar-refractivity contribution in [3.8, 4) is 11.5 Å². The van der Waals surface area contributed by atoms with Gasteiger partial charge in [0.2, 0.25) is 0 Å². The van der Waals surface area contributed by atoms with E-state index in [0.29, 0.717) is 0 Å². The molecule has 1 N–H and O–H groups in total. The summed E-state index contributed by atoms with van der Waals surface area (Å²) in [6, 6.07) is 17.8. The van der Waals surface area contributed by atoms with E-state index in [-0.39, 0.29) is 0 Å². The highest BCUT2D eigenvalue weighted by atomic mass is 16.3. The molecule has 0 saturated heterocycles. The first kappa shape index (κ1) is 11.8. The second-order valence-corrected chi connectivity index (χ2v) is 4.74. The lowest BCUT2D eigenvalue weighted by molar-refractivity contribution is 0.579. The average molecular weight is 275 g/mol. The molecule has 4 nitrogen and oxygen atoms in total. The Hall–Kier alpha value is -3.01. The van der Waals surface area contributed by atoms with Gasteiger partial charge in [-0.25, -0.2) is 4.98 Å². The summed E-state index contributed by atoms with van der Waals surface area (Å²) >= 11 is 0. The van der Waals surface area contributed by atoms with Crippen LogP contribution in [0.3, 0.4) is 0 Å². The molecule has 0 aliphatic carbocycles. The van der Waals surface area contributed by atoms with Crippen molar-refractivity contribution in [2.45, 2.75) is 0 Å². The van der Waals surface area contributed by atoms with Crippen LogP contribution < -0.4 is 5.32 Å². The van der Waals surface area contributed by atoms with E-state index in [4.69, 9.17) is 4.42 Å². The number of hydrogen-bond donors (Lipinski definition) is 1. The molecular formula is C17H13N3O. The number of benzene rings is 1. The summed E-state index contributed by atoms with van der Waals surface area (Å²) in [6.45, 7) is 0. The molecule has 0 saturated carbocycles. The fourth-order valence-corrected chi connectivity index (χ4v) is 2.34. The highest BCUT2D eigenvalue weighted by Gasteiger charge is 2.09. The van der Waals surface area contributed by atoms with E-state index < -0.39 is 0 Å². The highest BCUT2D eigenvalue weighted by Crippen LogP contribution is 2.25. The Morgan fingerprint density at radius 1 is 0.952 bits per heavy atom. The second-order valence-electron chi connectivity index (χ2n) is 4.74. The lowest BCUT2D eigenvalue weighted by Crippen LogP contribution is -1.99. The summed E-state index contributed by atoms with van der Waals surface area (Å²) in [5.41, 5.74) is 2.82. The van der Waals surface area contributed by atoms with E-state index in [0.717, 1.165) is 28.5 Å². The summed E-state index contributed by atoms with van der Waals surface area (Å²) in [4.78, 5) is 4.69. The van der Waals surface area contributed by atoms with Crippen LogP contribution in [0.4, 0.5) is 11.5 Å². The molecule has 3 heterocycles. The predicted molar refractivity (Wildman–Crippen MR) is 82.6 cm³/mol. The molecule has 4 aromatic rings. The number of anilines is 2. The normalized spacial score (nSPS) is 10.9. The van der Waals surface area contributed by atoms with Crippen molar-refractivity contribution in [2.24, 2.45) is 0 Å². The van der Waals surface area contributed by atoms with E-state index in [1.807, 2.05) is 71.4 Å². The van der Waals surface area contributed by atoms with Gasteiger partial charge < -0.3 is 14.1 Å². The van der Waals surface area contributed by atoms with E-state index in [1.165, 1.54) is 0 Å². The summed E-state index contributed by atoms with van der Waals surface area (Å²) in [6.07, 6.45) is 5.62. The maximum absolute atomic E-state index is 5.45. The topological polar surface area (TPSA) is 42.5 Å². The van der Waals surface area contributed by atoms with Gasteiger partial charge in [-0.2, -0.15) is 0 Å². The Kier molecular flexibility index (Phi) is 2.71. The molecule has 0 amide bonds. The predicted octanol–water partition coefficient (Wildman–Crippen LogP) is 4.34. The van der Waals surface area contributed by atoms with Gasteiger partial charge in [-0.1, -0.05) is 18.2 Å². The molecule has 1 aromatic carbocycles. The van der Waals surface area contributed by atoms with Gasteiger partial charge in [0.15, 0.2) is 11.6 Å². The Bertz CT molecular complexity index is 864. The Balaban J connectivity index is 1.85. The quantitative estimate of drug-likeness (QED) is 0.605. The van der Waals surface area contributed by atoms with Crippen LogP contribution >= 0.6 is 0 Å². The summed E-state index contributed by atoms with van der Waals surface area (Å²) in [5, 5.41) is 3.36. The first-order chi connectivity index (χ1) is 10.4. The Labute approximate surface area is 121 Å². The third-order valence-electron chi connectivity index (χ3n) is 3.33. The fourth-order valence-electron chi connectivity index (χ4n) is 2.34. The molecule has 0 aliphatic heterocycles. The first-order valence-electron chi connectivity index (χ1n) is 6.74. The molecule has 0 spiro atoms. The van der Waals surface area contributed by atoms with Gasteiger partial charge in [0.05, 0.1) is 11.8 Å². The van der Waals surface area contributed by atoms with E-state index in [9.17, 15) is 0 Å². The van der Waals surface area contributed by atoms with Crippen molar-refractivity contribution in [2.75, 3.05) is 5.32 Å². The minimum absolute atomic E-state index is 0.752. The van der Waals surface area contributed by atoms with Crippen LogP contribution in [-0.2, 0) is 0 Å². The lowest BCUT2D eigenvalue weighted by Gasteiger charge is -2.09. The minimum Gasteiger partial charge on any atom is -0.463 e. The van der Waals surface area contributed by atoms with Gasteiger partial charge in [-0.05, 0) is 36.4 Å².